The minimum Gasteiger partial charge on any atom is -0.496 e. The van der Waals surface area contributed by atoms with Crippen LogP contribution in [0.15, 0.2) is 36.4 Å². The zero-order valence-electron chi connectivity index (χ0n) is 14.5. The molecule has 0 N–H and O–H groups in total. The fourth-order valence-electron chi connectivity index (χ4n) is 2.99. The summed E-state index contributed by atoms with van der Waals surface area (Å²) in [7, 11) is 1.48. The molecule has 27 heavy (non-hydrogen) atoms. The van der Waals surface area contributed by atoms with Gasteiger partial charge in [-0.1, -0.05) is 29.3 Å². The zero-order valence-corrected chi connectivity index (χ0v) is 16.1. The Balaban J connectivity index is 1.71. The maximum atomic E-state index is 14.0. The Kier molecular flexibility index (Phi) is 5.87. The number of amides is 2. The first kappa shape index (κ1) is 19.5. The van der Waals surface area contributed by atoms with Gasteiger partial charge in [0.25, 0.3) is 11.8 Å². The monoisotopic (exact) mass is 410 g/mol. The van der Waals surface area contributed by atoms with Crippen molar-refractivity contribution in [2.75, 3.05) is 33.3 Å². The highest BCUT2D eigenvalue weighted by atomic mass is 35.5. The second-order valence-corrected chi connectivity index (χ2v) is 6.87. The summed E-state index contributed by atoms with van der Waals surface area (Å²) in [5.74, 6) is -0.938. The molecular formula is C19H17Cl2FN2O3. The number of nitrogens with zero attached hydrogens (tertiary/aromatic N) is 2. The Hall–Kier alpha value is -2.31. The minimum atomic E-state index is -0.658. The topological polar surface area (TPSA) is 49.9 Å². The number of carbonyl (C=O) groups is 2. The van der Waals surface area contributed by atoms with E-state index in [-0.39, 0.29) is 29.6 Å². The fraction of sp³-hybridized carbons (Fsp3) is 0.263. The van der Waals surface area contributed by atoms with Gasteiger partial charge in [0.05, 0.1) is 23.3 Å². The molecule has 2 aromatic carbocycles. The van der Waals surface area contributed by atoms with Crippen LogP contribution in [0.5, 0.6) is 5.75 Å². The predicted octanol–water partition coefficient (Wildman–Crippen LogP) is 3.74. The third-order valence-electron chi connectivity index (χ3n) is 4.42. The Morgan fingerprint density at radius 3 is 2.22 bits per heavy atom. The molecular weight excluding hydrogens is 394 g/mol. The molecule has 8 heteroatoms. The normalized spacial score (nSPS) is 14.2. The SMILES string of the molecule is COc1ccc(Cl)cc1C(=O)N1CCN(C(=O)c2c(F)cccc2Cl)CC1. The molecule has 1 saturated heterocycles. The van der Waals surface area contributed by atoms with Crippen LogP contribution < -0.4 is 4.74 Å². The summed E-state index contributed by atoms with van der Waals surface area (Å²) in [6.07, 6.45) is 0. The second kappa shape index (κ2) is 8.15. The van der Waals surface area contributed by atoms with E-state index in [1.165, 1.54) is 30.2 Å². The van der Waals surface area contributed by atoms with Crippen LogP contribution in [0.2, 0.25) is 10.0 Å². The molecule has 142 valence electrons. The molecule has 0 bridgehead atoms. The second-order valence-electron chi connectivity index (χ2n) is 6.03. The van der Waals surface area contributed by atoms with Crippen molar-refractivity contribution in [2.45, 2.75) is 0 Å². The van der Waals surface area contributed by atoms with Crippen LogP contribution in [-0.4, -0.2) is 54.9 Å². The molecule has 0 aromatic heterocycles. The van der Waals surface area contributed by atoms with Gasteiger partial charge in [-0.15, -0.1) is 0 Å². The van der Waals surface area contributed by atoms with E-state index in [0.717, 1.165) is 0 Å². The molecule has 1 heterocycles. The first-order valence-corrected chi connectivity index (χ1v) is 9.04. The van der Waals surface area contributed by atoms with Gasteiger partial charge in [-0.25, -0.2) is 4.39 Å². The van der Waals surface area contributed by atoms with Gasteiger partial charge in [0.2, 0.25) is 0 Å². The van der Waals surface area contributed by atoms with Crippen LogP contribution >= 0.6 is 23.2 Å². The average molecular weight is 411 g/mol. The predicted molar refractivity (Wildman–Crippen MR) is 101 cm³/mol. The number of hydrogen-bond donors (Lipinski definition) is 0. The number of ether oxygens (including phenoxy) is 1. The van der Waals surface area contributed by atoms with E-state index >= 15 is 0 Å². The van der Waals surface area contributed by atoms with Crippen molar-refractivity contribution in [2.24, 2.45) is 0 Å². The largest absolute Gasteiger partial charge is 0.496 e. The third kappa shape index (κ3) is 4.01. The quantitative estimate of drug-likeness (QED) is 0.774. The molecule has 0 radical (unpaired) electrons. The Labute approximate surface area is 166 Å². The van der Waals surface area contributed by atoms with E-state index in [1.807, 2.05) is 0 Å². The lowest BCUT2D eigenvalue weighted by molar-refractivity contribution is 0.0531. The van der Waals surface area contributed by atoms with Crippen molar-refractivity contribution in [1.82, 2.24) is 9.80 Å². The fourth-order valence-corrected chi connectivity index (χ4v) is 3.41. The van der Waals surface area contributed by atoms with Gasteiger partial charge >= 0.3 is 0 Å². The van der Waals surface area contributed by atoms with E-state index in [0.29, 0.717) is 29.4 Å². The van der Waals surface area contributed by atoms with Crippen molar-refractivity contribution < 1.29 is 18.7 Å². The van der Waals surface area contributed by atoms with Crippen molar-refractivity contribution in [3.8, 4) is 5.75 Å². The Bertz CT molecular complexity index is 863. The number of halogens is 3. The van der Waals surface area contributed by atoms with Crippen LogP contribution in [0, 0.1) is 5.82 Å². The van der Waals surface area contributed by atoms with Gasteiger partial charge in [0, 0.05) is 31.2 Å². The molecule has 0 saturated carbocycles. The minimum absolute atomic E-state index is 0.0715. The average Bonchev–Trinajstić information content (AvgIpc) is 2.67. The summed E-state index contributed by atoms with van der Waals surface area (Å²) in [4.78, 5) is 28.5. The Morgan fingerprint density at radius 2 is 1.63 bits per heavy atom. The van der Waals surface area contributed by atoms with Crippen LogP contribution in [0.1, 0.15) is 20.7 Å². The number of hydrogen-bond acceptors (Lipinski definition) is 3. The zero-order chi connectivity index (χ0) is 19.6. The number of rotatable bonds is 3. The summed E-state index contributed by atoms with van der Waals surface area (Å²) in [6, 6.07) is 8.96. The smallest absolute Gasteiger partial charge is 0.258 e. The van der Waals surface area contributed by atoms with Crippen molar-refractivity contribution in [1.29, 1.82) is 0 Å². The summed E-state index contributed by atoms with van der Waals surface area (Å²) >= 11 is 12.0. The molecule has 0 unspecified atom stereocenters. The summed E-state index contributed by atoms with van der Waals surface area (Å²) in [6.45, 7) is 1.18. The molecule has 5 nitrogen and oxygen atoms in total. The van der Waals surface area contributed by atoms with Crippen LogP contribution in [0.3, 0.4) is 0 Å². The number of benzene rings is 2. The maximum absolute atomic E-state index is 14.0. The lowest BCUT2D eigenvalue weighted by Gasteiger charge is -2.35. The van der Waals surface area contributed by atoms with E-state index in [2.05, 4.69) is 0 Å². The van der Waals surface area contributed by atoms with Crippen molar-refractivity contribution in [3.63, 3.8) is 0 Å². The standard InChI is InChI=1S/C19H17Cl2FN2O3/c1-27-16-6-5-12(20)11-13(16)18(25)23-7-9-24(10-8-23)19(26)17-14(21)3-2-4-15(17)22/h2-6,11H,7-10H2,1H3. The number of methoxy groups -OCH3 is 1. The maximum Gasteiger partial charge on any atom is 0.258 e. The van der Waals surface area contributed by atoms with E-state index in [9.17, 15) is 14.0 Å². The highest BCUT2D eigenvalue weighted by molar-refractivity contribution is 6.33. The van der Waals surface area contributed by atoms with Crippen molar-refractivity contribution >= 4 is 35.0 Å². The summed E-state index contributed by atoms with van der Waals surface area (Å²) in [5, 5.41) is 0.504. The molecule has 1 fully saturated rings. The summed E-state index contributed by atoms with van der Waals surface area (Å²) < 4.78 is 19.2. The summed E-state index contributed by atoms with van der Waals surface area (Å²) in [5.41, 5.74) is 0.220. The number of carbonyl (C=O) groups excluding carboxylic acids is 2. The molecule has 2 aromatic rings. The van der Waals surface area contributed by atoms with Crippen LogP contribution in [0.25, 0.3) is 0 Å². The molecule has 1 aliphatic rings. The first-order valence-electron chi connectivity index (χ1n) is 8.28. The molecule has 0 atom stereocenters. The van der Waals surface area contributed by atoms with Gasteiger partial charge in [-0.3, -0.25) is 9.59 Å². The van der Waals surface area contributed by atoms with Crippen LogP contribution in [0.4, 0.5) is 4.39 Å². The highest BCUT2D eigenvalue weighted by Crippen LogP contribution is 2.25. The lowest BCUT2D eigenvalue weighted by atomic mass is 10.1. The molecule has 2 amide bonds. The third-order valence-corrected chi connectivity index (χ3v) is 4.97. The first-order chi connectivity index (χ1) is 12.9. The van der Waals surface area contributed by atoms with Gasteiger partial charge in [0.15, 0.2) is 0 Å². The van der Waals surface area contributed by atoms with E-state index in [4.69, 9.17) is 27.9 Å². The lowest BCUT2D eigenvalue weighted by Crippen LogP contribution is -2.50. The van der Waals surface area contributed by atoms with Gasteiger partial charge in [0.1, 0.15) is 11.6 Å². The van der Waals surface area contributed by atoms with Gasteiger partial charge in [-0.2, -0.15) is 0 Å². The molecule has 1 aliphatic heterocycles. The van der Waals surface area contributed by atoms with Gasteiger partial charge in [-0.05, 0) is 30.3 Å². The Morgan fingerprint density at radius 1 is 1.00 bits per heavy atom. The van der Waals surface area contributed by atoms with E-state index in [1.54, 1.807) is 23.1 Å². The van der Waals surface area contributed by atoms with Gasteiger partial charge < -0.3 is 14.5 Å². The molecule has 0 aliphatic carbocycles. The molecule has 3 rings (SSSR count). The number of piperazine rings is 1. The highest BCUT2D eigenvalue weighted by Gasteiger charge is 2.29. The van der Waals surface area contributed by atoms with Crippen molar-refractivity contribution in [3.05, 3.63) is 63.4 Å². The van der Waals surface area contributed by atoms with E-state index < -0.39 is 11.7 Å². The van der Waals surface area contributed by atoms with Crippen LogP contribution in [-0.2, 0) is 0 Å². The molecule has 0 spiro atoms.